The third-order valence-corrected chi connectivity index (χ3v) is 4.08. The van der Waals surface area contributed by atoms with E-state index in [1.54, 1.807) is 24.3 Å². The first-order valence-electron chi connectivity index (χ1n) is 7.01. The van der Waals surface area contributed by atoms with Gasteiger partial charge in [0.15, 0.2) is 0 Å². The summed E-state index contributed by atoms with van der Waals surface area (Å²) in [5.41, 5.74) is 1.91. The fourth-order valence-electron chi connectivity index (χ4n) is 2.09. The first kappa shape index (κ1) is 15.7. The molecule has 7 nitrogen and oxygen atoms in total. The molecule has 0 saturated heterocycles. The van der Waals surface area contributed by atoms with Crippen LogP contribution < -0.4 is 5.32 Å². The third kappa shape index (κ3) is 3.59. The number of anilines is 1. The molecule has 0 unspecified atom stereocenters. The van der Waals surface area contributed by atoms with Gasteiger partial charge >= 0.3 is 0 Å². The quantitative estimate of drug-likeness (QED) is 0.719. The van der Waals surface area contributed by atoms with E-state index < -0.39 is 0 Å². The number of nitrogens with zero attached hydrogens (tertiary/aromatic N) is 5. The molecule has 1 amide bonds. The average molecular weight is 336 g/mol. The van der Waals surface area contributed by atoms with Crippen LogP contribution in [-0.2, 0) is 0 Å². The lowest BCUT2D eigenvalue weighted by Gasteiger charge is -2.10. The molecule has 0 aliphatic rings. The Morgan fingerprint density at radius 2 is 2.12 bits per heavy atom. The van der Waals surface area contributed by atoms with Crippen molar-refractivity contribution >= 4 is 23.4 Å². The summed E-state index contributed by atoms with van der Waals surface area (Å²) in [6.07, 6.45) is 1.48. The molecular formula is C16H12N6OS. The summed E-state index contributed by atoms with van der Waals surface area (Å²) in [6.45, 7) is 0. The molecular weight excluding hydrogens is 324 g/mol. The number of hydrogen-bond donors (Lipinski definition) is 1. The van der Waals surface area contributed by atoms with Crippen LogP contribution in [0.5, 0.6) is 0 Å². The molecule has 1 aromatic heterocycles. The fraction of sp³-hybridized carbons (Fsp3) is 0.0625. The third-order valence-electron chi connectivity index (χ3n) is 3.14. The van der Waals surface area contributed by atoms with Crippen molar-refractivity contribution in [3.05, 3.63) is 60.4 Å². The minimum absolute atomic E-state index is 0.232. The second kappa shape index (κ2) is 7.39. The van der Waals surface area contributed by atoms with Gasteiger partial charge in [0.25, 0.3) is 5.91 Å². The number of thioether (sulfide) groups is 1. The van der Waals surface area contributed by atoms with Gasteiger partial charge in [0.05, 0.1) is 23.1 Å². The molecule has 0 aliphatic heterocycles. The number of carbonyl (C=O) groups is 1. The predicted octanol–water partition coefficient (Wildman–Crippen LogP) is 2.53. The monoisotopic (exact) mass is 336 g/mol. The molecule has 3 rings (SSSR count). The number of hydrogen-bond acceptors (Lipinski definition) is 6. The highest BCUT2D eigenvalue weighted by molar-refractivity contribution is 7.99. The summed E-state index contributed by atoms with van der Waals surface area (Å²) in [6, 6.07) is 16.5. The Hall–Kier alpha value is -3.18. The predicted molar refractivity (Wildman–Crippen MR) is 89.9 cm³/mol. The molecule has 1 N–H and O–H groups in total. The highest BCUT2D eigenvalue weighted by atomic mass is 32.2. The summed E-state index contributed by atoms with van der Waals surface area (Å²) in [4.78, 5) is 13.3. The minimum atomic E-state index is -0.232. The van der Waals surface area contributed by atoms with Gasteiger partial charge in [-0.25, -0.2) is 4.68 Å². The Labute approximate surface area is 142 Å². The molecule has 2 aromatic carbocycles. The Kier molecular flexibility index (Phi) is 4.84. The van der Waals surface area contributed by atoms with E-state index >= 15 is 0 Å². The number of carbonyl (C=O) groups excluding carboxylic acids is 1. The molecule has 118 valence electrons. The van der Waals surface area contributed by atoms with Gasteiger partial charge in [-0.1, -0.05) is 18.2 Å². The van der Waals surface area contributed by atoms with Crippen molar-refractivity contribution in [1.82, 2.24) is 20.2 Å². The highest BCUT2D eigenvalue weighted by Gasteiger charge is 2.12. The van der Waals surface area contributed by atoms with Crippen LogP contribution in [-0.4, -0.2) is 31.9 Å². The Morgan fingerprint density at radius 3 is 2.92 bits per heavy atom. The second-order valence-electron chi connectivity index (χ2n) is 4.70. The van der Waals surface area contributed by atoms with Crippen LogP contribution in [0.1, 0.15) is 10.4 Å². The molecule has 0 aliphatic carbocycles. The molecule has 0 fully saturated rings. The lowest BCUT2D eigenvalue weighted by atomic mass is 10.2. The molecule has 0 saturated carbocycles. The first-order valence-corrected chi connectivity index (χ1v) is 8.00. The largest absolute Gasteiger partial charge is 0.322 e. The molecule has 8 heteroatoms. The Bertz CT molecular complexity index is 888. The number of benzene rings is 2. The van der Waals surface area contributed by atoms with Crippen LogP contribution in [0.3, 0.4) is 0 Å². The van der Waals surface area contributed by atoms with E-state index in [2.05, 4.69) is 26.9 Å². The smallest absolute Gasteiger partial charge is 0.256 e. The molecule has 1 heterocycles. The van der Waals surface area contributed by atoms with Gasteiger partial charge in [-0.2, -0.15) is 5.26 Å². The van der Waals surface area contributed by atoms with Crippen molar-refractivity contribution in [2.75, 3.05) is 11.1 Å². The lowest BCUT2D eigenvalue weighted by molar-refractivity contribution is 0.102. The van der Waals surface area contributed by atoms with Gasteiger partial charge in [-0.3, -0.25) is 4.79 Å². The number of nitriles is 1. The van der Waals surface area contributed by atoms with E-state index in [4.69, 9.17) is 5.26 Å². The Balaban J connectivity index is 1.81. The maximum atomic E-state index is 12.5. The maximum absolute atomic E-state index is 12.5. The Morgan fingerprint density at radius 1 is 1.25 bits per heavy atom. The summed E-state index contributed by atoms with van der Waals surface area (Å²) in [5.74, 6) is 0.0592. The van der Waals surface area contributed by atoms with Gasteiger partial charge in [-0.05, 0) is 40.8 Å². The zero-order valence-corrected chi connectivity index (χ0v) is 13.3. The van der Waals surface area contributed by atoms with E-state index in [0.717, 1.165) is 10.6 Å². The molecule has 0 atom stereocenters. The van der Waals surface area contributed by atoms with Crippen molar-refractivity contribution in [1.29, 1.82) is 5.26 Å². The molecule has 0 bridgehead atoms. The fourth-order valence-corrected chi connectivity index (χ4v) is 2.81. The zero-order chi connectivity index (χ0) is 16.8. The van der Waals surface area contributed by atoms with Crippen LogP contribution >= 0.6 is 11.8 Å². The van der Waals surface area contributed by atoms with Gasteiger partial charge < -0.3 is 5.32 Å². The highest BCUT2D eigenvalue weighted by Crippen LogP contribution is 2.23. The van der Waals surface area contributed by atoms with Crippen LogP contribution in [0, 0.1) is 11.3 Å². The SMILES string of the molecule is N#CCSc1ccccc1C(=O)Nc1cccc(-n2cnnn2)c1. The number of rotatable bonds is 5. The van der Waals surface area contributed by atoms with Crippen LogP contribution in [0.25, 0.3) is 5.69 Å². The lowest BCUT2D eigenvalue weighted by Crippen LogP contribution is -2.13. The molecule has 3 aromatic rings. The normalized spacial score (nSPS) is 10.1. The summed E-state index contributed by atoms with van der Waals surface area (Å²) >= 11 is 1.33. The zero-order valence-electron chi connectivity index (χ0n) is 12.5. The van der Waals surface area contributed by atoms with Crippen molar-refractivity contribution < 1.29 is 4.79 Å². The number of tetrazole rings is 1. The second-order valence-corrected chi connectivity index (χ2v) is 5.72. The average Bonchev–Trinajstić information content (AvgIpc) is 3.15. The van der Waals surface area contributed by atoms with E-state index in [0.29, 0.717) is 17.0 Å². The number of aromatic nitrogens is 4. The van der Waals surface area contributed by atoms with Gasteiger partial charge in [0, 0.05) is 10.6 Å². The maximum Gasteiger partial charge on any atom is 0.256 e. The van der Waals surface area contributed by atoms with Crippen LogP contribution in [0.15, 0.2) is 59.8 Å². The van der Waals surface area contributed by atoms with E-state index in [9.17, 15) is 4.79 Å². The van der Waals surface area contributed by atoms with Crippen molar-refractivity contribution in [3.63, 3.8) is 0 Å². The van der Waals surface area contributed by atoms with Gasteiger partial charge in [0.2, 0.25) is 0 Å². The molecule has 0 radical (unpaired) electrons. The number of amides is 1. The van der Waals surface area contributed by atoms with Crippen molar-refractivity contribution in [2.24, 2.45) is 0 Å². The molecule has 24 heavy (non-hydrogen) atoms. The minimum Gasteiger partial charge on any atom is -0.322 e. The van der Waals surface area contributed by atoms with Crippen LogP contribution in [0.2, 0.25) is 0 Å². The number of nitrogens with one attached hydrogen (secondary N) is 1. The van der Waals surface area contributed by atoms with E-state index in [1.165, 1.54) is 22.8 Å². The standard InChI is InChI=1S/C16H12N6OS/c17-8-9-24-15-7-2-1-6-14(15)16(23)19-12-4-3-5-13(10-12)22-11-18-20-21-22/h1-7,10-11H,9H2,(H,19,23). The van der Waals surface area contributed by atoms with Gasteiger partial charge in [0.1, 0.15) is 6.33 Å². The first-order chi connectivity index (χ1) is 11.8. The summed E-state index contributed by atoms with van der Waals surface area (Å²) in [7, 11) is 0. The van der Waals surface area contributed by atoms with E-state index in [-0.39, 0.29) is 5.91 Å². The van der Waals surface area contributed by atoms with Crippen LogP contribution in [0.4, 0.5) is 5.69 Å². The van der Waals surface area contributed by atoms with E-state index in [1.807, 2.05) is 24.3 Å². The van der Waals surface area contributed by atoms with Crippen molar-refractivity contribution in [3.8, 4) is 11.8 Å². The topological polar surface area (TPSA) is 96.5 Å². The summed E-state index contributed by atoms with van der Waals surface area (Å²) in [5, 5.41) is 22.6. The van der Waals surface area contributed by atoms with Crippen molar-refractivity contribution in [2.45, 2.75) is 4.90 Å². The van der Waals surface area contributed by atoms with Gasteiger partial charge in [-0.15, -0.1) is 16.9 Å². The molecule has 0 spiro atoms. The summed E-state index contributed by atoms with van der Waals surface area (Å²) < 4.78 is 1.51.